The van der Waals surface area contributed by atoms with Gasteiger partial charge in [-0.3, -0.25) is 9.59 Å². The molecule has 1 amide bonds. The summed E-state index contributed by atoms with van der Waals surface area (Å²) in [6, 6.07) is 7.81. The van der Waals surface area contributed by atoms with Gasteiger partial charge in [0.15, 0.2) is 0 Å². The largest absolute Gasteiger partial charge is 0.497 e. The van der Waals surface area contributed by atoms with Crippen molar-refractivity contribution in [1.82, 2.24) is 4.90 Å². The van der Waals surface area contributed by atoms with Crippen LogP contribution in [0.1, 0.15) is 38.2 Å². The van der Waals surface area contributed by atoms with E-state index in [2.05, 4.69) is 0 Å². The molecule has 0 saturated carbocycles. The first-order chi connectivity index (χ1) is 11.5. The number of carbonyl (C=O) groups excluding carboxylic acids is 1. The predicted octanol–water partition coefficient (Wildman–Crippen LogP) is 2.98. The van der Waals surface area contributed by atoms with Crippen molar-refractivity contribution in [3.05, 3.63) is 29.8 Å². The maximum atomic E-state index is 12.7. The zero-order valence-electron chi connectivity index (χ0n) is 14.5. The van der Waals surface area contributed by atoms with Gasteiger partial charge < -0.3 is 14.7 Å². The van der Waals surface area contributed by atoms with Crippen LogP contribution in [0.5, 0.6) is 5.75 Å². The SMILES string of the molecule is COc1ccc(C[C@H](C)C(=O)N2CCC[C@H](CCC(=O)O)C2)cc1. The fourth-order valence-electron chi connectivity index (χ4n) is 3.34. The Balaban J connectivity index is 1.87. The number of hydrogen-bond donors (Lipinski definition) is 1. The number of carboxylic acids is 1. The van der Waals surface area contributed by atoms with Crippen LogP contribution < -0.4 is 4.74 Å². The number of hydrogen-bond acceptors (Lipinski definition) is 3. The zero-order valence-corrected chi connectivity index (χ0v) is 14.5. The van der Waals surface area contributed by atoms with E-state index in [9.17, 15) is 9.59 Å². The molecule has 5 nitrogen and oxygen atoms in total. The molecule has 24 heavy (non-hydrogen) atoms. The van der Waals surface area contributed by atoms with Crippen LogP contribution in [-0.2, 0) is 16.0 Å². The van der Waals surface area contributed by atoms with Gasteiger partial charge in [-0.1, -0.05) is 19.1 Å². The van der Waals surface area contributed by atoms with Crippen LogP contribution in [-0.4, -0.2) is 42.1 Å². The summed E-state index contributed by atoms with van der Waals surface area (Å²) in [5.74, 6) is 0.468. The summed E-state index contributed by atoms with van der Waals surface area (Å²) >= 11 is 0. The number of aliphatic carboxylic acids is 1. The Morgan fingerprint density at radius 2 is 2.04 bits per heavy atom. The molecule has 0 radical (unpaired) electrons. The Hall–Kier alpha value is -2.04. The van der Waals surface area contributed by atoms with E-state index in [1.54, 1.807) is 7.11 Å². The van der Waals surface area contributed by atoms with Crippen molar-refractivity contribution in [2.24, 2.45) is 11.8 Å². The zero-order chi connectivity index (χ0) is 17.5. The van der Waals surface area contributed by atoms with E-state index in [4.69, 9.17) is 9.84 Å². The first kappa shape index (κ1) is 18.3. The second-order valence-electron chi connectivity index (χ2n) is 6.68. The average Bonchev–Trinajstić information content (AvgIpc) is 2.60. The summed E-state index contributed by atoms with van der Waals surface area (Å²) in [5, 5.41) is 8.82. The molecule has 2 rings (SSSR count). The highest BCUT2D eigenvalue weighted by Crippen LogP contribution is 2.23. The minimum absolute atomic E-state index is 0.0726. The van der Waals surface area contributed by atoms with E-state index in [-0.39, 0.29) is 18.2 Å². The number of amides is 1. The Kier molecular flexibility index (Phi) is 6.64. The van der Waals surface area contributed by atoms with Crippen molar-refractivity contribution in [3.63, 3.8) is 0 Å². The van der Waals surface area contributed by atoms with Gasteiger partial charge in [0.05, 0.1) is 7.11 Å². The second kappa shape index (κ2) is 8.71. The van der Waals surface area contributed by atoms with Crippen LogP contribution in [0.3, 0.4) is 0 Å². The number of carboxylic acid groups (broad SMARTS) is 1. The molecule has 1 aliphatic rings. The van der Waals surface area contributed by atoms with Crippen LogP contribution in [0.4, 0.5) is 0 Å². The number of nitrogens with zero attached hydrogens (tertiary/aromatic N) is 1. The molecule has 1 aliphatic heterocycles. The lowest BCUT2D eigenvalue weighted by Gasteiger charge is -2.34. The normalized spacial score (nSPS) is 18.9. The van der Waals surface area contributed by atoms with E-state index in [0.29, 0.717) is 25.3 Å². The maximum absolute atomic E-state index is 12.7. The lowest BCUT2D eigenvalue weighted by atomic mass is 9.91. The van der Waals surface area contributed by atoms with Crippen LogP contribution in [0.15, 0.2) is 24.3 Å². The Bertz CT molecular complexity index is 555. The van der Waals surface area contributed by atoms with Crippen LogP contribution in [0.2, 0.25) is 0 Å². The number of rotatable bonds is 7. The van der Waals surface area contributed by atoms with Crippen LogP contribution >= 0.6 is 0 Å². The smallest absolute Gasteiger partial charge is 0.303 e. The minimum Gasteiger partial charge on any atom is -0.497 e. The molecule has 0 spiro atoms. The molecule has 1 saturated heterocycles. The third-order valence-corrected chi connectivity index (χ3v) is 4.72. The Labute approximate surface area is 143 Å². The Morgan fingerprint density at radius 1 is 1.33 bits per heavy atom. The number of benzene rings is 1. The van der Waals surface area contributed by atoms with Gasteiger partial charge in [-0.05, 0) is 49.3 Å². The molecule has 0 aromatic heterocycles. The monoisotopic (exact) mass is 333 g/mol. The average molecular weight is 333 g/mol. The molecule has 1 fully saturated rings. The number of likely N-dealkylation sites (tertiary alicyclic amines) is 1. The fourth-order valence-corrected chi connectivity index (χ4v) is 3.34. The summed E-state index contributed by atoms with van der Waals surface area (Å²) in [4.78, 5) is 25.3. The summed E-state index contributed by atoms with van der Waals surface area (Å²) < 4.78 is 5.15. The van der Waals surface area contributed by atoms with Gasteiger partial charge in [0.1, 0.15) is 5.75 Å². The summed E-state index contributed by atoms with van der Waals surface area (Å²) in [6.07, 6.45) is 3.54. The van der Waals surface area contributed by atoms with E-state index in [1.165, 1.54) is 0 Å². The van der Waals surface area contributed by atoms with Crippen molar-refractivity contribution in [3.8, 4) is 5.75 Å². The van der Waals surface area contributed by atoms with E-state index >= 15 is 0 Å². The van der Waals surface area contributed by atoms with Gasteiger partial charge in [0.2, 0.25) is 5.91 Å². The maximum Gasteiger partial charge on any atom is 0.303 e. The number of carbonyl (C=O) groups is 2. The molecule has 1 heterocycles. The number of methoxy groups -OCH3 is 1. The molecular formula is C19H27NO4. The summed E-state index contributed by atoms with van der Waals surface area (Å²) in [6.45, 7) is 3.45. The molecule has 1 N–H and O–H groups in total. The second-order valence-corrected chi connectivity index (χ2v) is 6.68. The van der Waals surface area contributed by atoms with Crippen LogP contribution in [0, 0.1) is 11.8 Å². The van der Waals surface area contributed by atoms with Gasteiger partial charge in [0.25, 0.3) is 0 Å². The van der Waals surface area contributed by atoms with Gasteiger partial charge in [-0.2, -0.15) is 0 Å². The quantitative estimate of drug-likeness (QED) is 0.833. The predicted molar refractivity (Wildman–Crippen MR) is 92.0 cm³/mol. The minimum atomic E-state index is -0.758. The van der Waals surface area contributed by atoms with E-state index in [0.717, 1.165) is 30.7 Å². The van der Waals surface area contributed by atoms with Gasteiger partial charge in [-0.15, -0.1) is 0 Å². The van der Waals surface area contributed by atoms with Crippen molar-refractivity contribution < 1.29 is 19.4 Å². The molecule has 132 valence electrons. The third-order valence-electron chi connectivity index (χ3n) is 4.72. The Morgan fingerprint density at radius 3 is 2.67 bits per heavy atom. The van der Waals surface area contributed by atoms with Gasteiger partial charge in [-0.25, -0.2) is 0 Å². The standard InChI is InChI=1S/C19H27NO4/c1-14(12-15-5-8-17(24-2)9-6-15)19(23)20-11-3-4-16(13-20)7-10-18(21)22/h5-6,8-9,14,16H,3-4,7,10-13H2,1-2H3,(H,21,22)/t14-,16+/m0/s1. The summed E-state index contributed by atoms with van der Waals surface area (Å²) in [5.41, 5.74) is 1.12. The lowest BCUT2D eigenvalue weighted by molar-refractivity contribution is -0.137. The molecule has 2 atom stereocenters. The molecule has 0 aliphatic carbocycles. The third kappa shape index (κ3) is 5.25. The van der Waals surface area contributed by atoms with Crippen molar-refractivity contribution in [2.45, 2.75) is 39.0 Å². The van der Waals surface area contributed by atoms with E-state index in [1.807, 2.05) is 36.1 Å². The first-order valence-electron chi connectivity index (χ1n) is 8.63. The molecule has 0 unspecified atom stereocenters. The highest BCUT2D eigenvalue weighted by molar-refractivity contribution is 5.79. The van der Waals surface area contributed by atoms with Crippen LogP contribution in [0.25, 0.3) is 0 Å². The van der Waals surface area contributed by atoms with Crippen molar-refractivity contribution in [2.75, 3.05) is 20.2 Å². The van der Waals surface area contributed by atoms with E-state index < -0.39 is 5.97 Å². The first-order valence-corrected chi connectivity index (χ1v) is 8.63. The van der Waals surface area contributed by atoms with Crippen molar-refractivity contribution >= 4 is 11.9 Å². The lowest BCUT2D eigenvalue weighted by Crippen LogP contribution is -2.43. The highest BCUT2D eigenvalue weighted by Gasteiger charge is 2.27. The van der Waals surface area contributed by atoms with Crippen molar-refractivity contribution in [1.29, 1.82) is 0 Å². The molecular weight excluding hydrogens is 306 g/mol. The summed E-state index contributed by atoms with van der Waals surface area (Å²) in [7, 11) is 1.64. The topological polar surface area (TPSA) is 66.8 Å². The molecule has 1 aromatic carbocycles. The van der Waals surface area contributed by atoms with Gasteiger partial charge in [0, 0.05) is 25.4 Å². The molecule has 0 bridgehead atoms. The van der Waals surface area contributed by atoms with Gasteiger partial charge >= 0.3 is 5.97 Å². The molecule has 5 heteroatoms. The number of ether oxygens (including phenoxy) is 1. The fraction of sp³-hybridized carbons (Fsp3) is 0.579. The highest BCUT2D eigenvalue weighted by atomic mass is 16.5. The molecule has 1 aromatic rings. The number of piperidine rings is 1.